The molecule has 3 aromatic heterocycles. The van der Waals surface area contributed by atoms with E-state index in [1.165, 1.54) is 37.0 Å². The van der Waals surface area contributed by atoms with E-state index < -0.39 is 21.7 Å². The Hall–Kier alpha value is -5.16. The van der Waals surface area contributed by atoms with E-state index in [0.717, 1.165) is 200 Å². The fourth-order valence-corrected chi connectivity index (χ4v) is 14.0. The number of aromatic nitrogens is 4. The third kappa shape index (κ3) is 18.5. The smallest absolute Gasteiger partial charge is 0.657 e. The molecular weight excluding hydrogens is 1160 g/mol. The number of nitrogens with one attached hydrogen (secondary N) is 3. The zero-order chi connectivity index (χ0) is 63.0. The van der Waals surface area contributed by atoms with Crippen LogP contribution in [0.15, 0.2) is 24.3 Å². The molecule has 3 N–H and O–H groups in total. The van der Waals surface area contributed by atoms with Gasteiger partial charge >= 0.3 is 40.9 Å². The van der Waals surface area contributed by atoms with Crippen LogP contribution in [0, 0.1) is 21.7 Å². The third-order valence-corrected chi connectivity index (χ3v) is 18.8. The first-order valence-electron chi connectivity index (χ1n) is 33.8. The monoisotopic (exact) mass is 1270 g/mol. The molecule has 0 aliphatic carbocycles. The van der Waals surface area contributed by atoms with Crippen molar-refractivity contribution in [2.24, 2.45) is 21.7 Å². The van der Waals surface area contributed by atoms with Gasteiger partial charge in [-0.05, 0) is 200 Å². The normalized spacial score (nSPS) is 22.7. The molecule has 6 aliphatic heterocycles. The molecule has 7 atom stereocenters. The zero-order valence-electron chi connectivity index (χ0n) is 56.1. The number of carbonyl (C=O) groups excluding carboxylic acids is 4. The van der Waals surface area contributed by atoms with Gasteiger partial charge in [-0.3, -0.25) is 19.2 Å². The summed E-state index contributed by atoms with van der Waals surface area (Å²) in [7, 11) is 0. The van der Waals surface area contributed by atoms with Crippen LogP contribution in [0.2, 0.25) is 0 Å². The number of quaternary nitrogens is 3. The Labute approximate surface area is 541 Å². The second-order valence-electron chi connectivity index (χ2n) is 30.5. The molecule has 3 aromatic rings. The van der Waals surface area contributed by atoms with Crippen molar-refractivity contribution in [3.8, 4) is 0 Å². The van der Waals surface area contributed by atoms with Crippen molar-refractivity contribution < 1.29 is 69.9 Å². The molecule has 89 heavy (non-hydrogen) atoms. The largest absolute Gasteiger partial charge is 3.00 e. The maximum atomic E-state index is 12.7. The van der Waals surface area contributed by atoms with Crippen LogP contribution in [0.25, 0.3) is 46.4 Å². The van der Waals surface area contributed by atoms with Crippen molar-refractivity contribution in [1.29, 1.82) is 0 Å². The van der Waals surface area contributed by atoms with E-state index in [9.17, 15) is 19.2 Å². The second-order valence-corrected chi connectivity index (χ2v) is 30.5. The summed E-state index contributed by atoms with van der Waals surface area (Å²) in [6.45, 7) is 35.9. The van der Waals surface area contributed by atoms with Crippen molar-refractivity contribution in [3.63, 3.8) is 0 Å². The van der Waals surface area contributed by atoms with Gasteiger partial charge in [0.25, 0.3) is 0 Å². The number of hydrogen-bond donors (Lipinski definition) is 3. The summed E-state index contributed by atoms with van der Waals surface area (Å²) in [5.41, 5.74) is 10.4. The molecular formula is C72H107MnN8O8+4. The number of likely N-dealkylation sites (tertiary alicyclic amines) is 4. The first-order valence-corrected chi connectivity index (χ1v) is 33.8. The molecule has 8 bridgehead atoms. The Kier molecular flexibility index (Phi) is 23.9. The van der Waals surface area contributed by atoms with Gasteiger partial charge in [0, 0.05) is 50.1 Å². The fourth-order valence-electron chi connectivity index (χ4n) is 14.0. The van der Waals surface area contributed by atoms with E-state index in [4.69, 9.17) is 38.9 Å². The number of nitrogens with zero attached hydrogens (tertiary/aromatic N) is 5. The Bertz CT molecular complexity index is 2770. The minimum Gasteiger partial charge on any atom is -0.657 e. The maximum Gasteiger partial charge on any atom is 3.00 e. The number of ether oxygens (including phenoxy) is 4. The average molecular weight is 1270 g/mol. The van der Waals surface area contributed by atoms with Gasteiger partial charge in [0.05, 0.1) is 130 Å². The van der Waals surface area contributed by atoms with Crippen molar-refractivity contribution >= 4 is 70.2 Å². The molecule has 17 heteroatoms. The van der Waals surface area contributed by atoms with Crippen molar-refractivity contribution in [2.45, 2.75) is 184 Å². The van der Waals surface area contributed by atoms with E-state index in [-0.39, 0.29) is 64.6 Å². The van der Waals surface area contributed by atoms with Gasteiger partial charge in [0.15, 0.2) is 0 Å². The van der Waals surface area contributed by atoms with Gasteiger partial charge < -0.3 is 48.5 Å². The van der Waals surface area contributed by atoms with Crippen LogP contribution in [0.1, 0.15) is 229 Å². The Morgan fingerprint density at radius 1 is 0.449 bits per heavy atom. The molecule has 9 rings (SSSR count). The van der Waals surface area contributed by atoms with Gasteiger partial charge in [-0.2, -0.15) is 0 Å². The van der Waals surface area contributed by atoms with Crippen LogP contribution in [0.4, 0.5) is 0 Å². The van der Waals surface area contributed by atoms with Crippen LogP contribution in [0.5, 0.6) is 0 Å². The Morgan fingerprint density at radius 3 is 1.06 bits per heavy atom. The Morgan fingerprint density at radius 2 is 0.742 bits per heavy atom. The van der Waals surface area contributed by atoms with Crippen LogP contribution < -0.4 is 24.7 Å². The molecule has 6 aliphatic rings. The summed E-state index contributed by atoms with van der Waals surface area (Å²) in [6, 6.07) is 9.02. The summed E-state index contributed by atoms with van der Waals surface area (Å²) < 4.78 is 23.0. The molecule has 4 fully saturated rings. The summed E-state index contributed by atoms with van der Waals surface area (Å²) >= 11 is 0. The van der Waals surface area contributed by atoms with Crippen LogP contribution in [0.3, 0.4) is 0 Å². The molecule has 0 saturated carbocycles. The van der Waals surface area contributed by atoms with Crippen LogP contribution in [-0.4, -0.2) is 144 Å². The third-order valence-electron chi connectivity index (χ3n) is 18.8. The predicted molar refractivity (Wildman–Crippen MR) is 348 cm³/mol. The van der Waals surface area contributed by atoms with Crippen molar-refractivity contribution in [1.82, 2.24) is 24.8 Å². The van der Waals surface area contributed by atoms with E-state index in [2.05, 4.69) is 53.5 Å². The molecule has 7 unspecified atom stereocenters. The van der Waals surface area contributed by atoms with Gasteiger partial charge in [-0.15, -0.1) is 22.1 Å². The molecule has 0 spiro atoms. The number of hydrogen-bond acceptors (Lipinski definition) is 11. The molecule has 16 nitrogen and oxygen atoms in total. The fraction of sp³-hybridized carbons (Fsp3) is 0.667. The van der Waals surface area contributed by atoms with Crippen molar-refractivity contribution in [3.05, 3.63) is 69.3 Å². The SMILES string of the molecule is CC(C)(C)C(=O)OCCCN1CCCC(c2c3nc(c(C4CCC[NH+](CCCOC(=O)C(C)(C)C)C4)c4ccc([n-]4)c(C4CCC[NH+](CCCOC(=O)C(C)(C)C)C4)c4nc(c(C5CCC[NH+](CCCOC(=O)C(C)(C)C)C5)c5ccc2[n-]5)C=C4)C=C3)C1.[Mn+3]. The summed E-state index contributed by atoms with van der Waals surface area (Å²) in [4.78, 5) is 81.1. The van der Waals surface area contributed by atoms with Gasteiger partial charge in [-0.25, -0.2) is 9.97 Å². The number of esters is 4. The average Bonchev–Trinajstić information content (AvgIpc) is 2.76. The first-order chi connectivity index (χ1) is 41.8. The van der Waals surface area contributed by atoms with Gasteiger partial charge in [0.1, 0.15) is 0 Å². The van der Waals surface area contributed by atoms with E-state index in [0.29, 0.717) is 26.4 Å². The predicted octanol–water partition coefficient (Wildman–Crippen LogP) is 8.30. The first kappa shape index (κ1) is 69.7. The van der Waals surface area contributed by atoms with E-state index >= 15 is 0 Å². The summed E-state index contributed by atoms with van der Waals surface area (Å²) in [5, 5.41) is 0. The molecule has 0 amide bonds. The second kappa shape index (κ2) is 30.5. The zero-order valence-corrected chi connectivity index (χ0v) is 57.3. The van der Waals surface area contributed by atoms with Crippen LogP contribution in [-0.2, 0) is 55.2 Å². The minimum atomic E-state index is -0.541. The quantitative estimate of drug-likeness (QED) is 0.0294. The van der Waals surface area contributed by atoms with Crippen molar-refractivity contribution in [2.75, 3.05) is 105 Å². The molecule has 9 heterocycles. The summed E-state index contributed by atoms with van der Waals surface area (Å²) in [5.74, 6) is 0.0881. The minimum absolute atomic E-state index is 0. The number of carbonyl (C=O) groups is 4. The standard InChI is InChI=1S/C72H104N8O8.Mn/c1-69(2,3)65(81)85-41-17-37-77-33-13-21-49(45-77)61-53-25-27-55(73-53)62(50-22-14-34-78(46-50)38-18-42-86-66(82)70(4,5)6)57-29-31-59(75-57)64(52-24-16-36-80(48-52)40-20-44-88-68(84)72(10,11)12)60-32-30-58(76-60)63(56-28-26-54(61)74-56)51-23-15-35-79(47-51)39-19-43-87-67(83)71(7,8)9;/h25-32,49-52H,13-24,33-48H2,1-12H3;/q-2;+3/p+3. The van der Waals surface area contributed by atoms with Gasteiger partial charge in [0.2, 0.25) is 0 Å². The maximum absolute atomic E-state index is 12.7. The van der Waals surface area contributed by atoms with Gasteiger partial charge in [-0.1, -0.05) is 24.3 Å². The molecule has 0 aromatic carbocycles. The topological polar surface area (TPSA) is 176 Å². The van der Waals surface area contributed by atoms with Crippen LogP contribution >= 0.6 is 0 Å². The van der Waals surface area contributed by atoms with E-state index in [1.807, 2.05) is 83.1 Å². The number of fused-ring (bicyclic) bond motifs is 8. The number of piperidine rings is 4. The molecule has 4 saturated heterocycles. The molecule has 0 radical (unpaired) electrons. The summed E-state index contributed by atoms with van der Waals surface area (Å²) in [6.07, 6.45) is 20.5. The Balaban J connectivity index is 0.0000102. The number of rotatable bonds is 20. The van der Waals surface area contributed by atoms with E-state index in [1.54, 1.807) is 0 Å². The molecule has 486 valence electrons.